The van der Waals surface area contributed by atoms with Crippen molar-refractivity contribution >= 4 is 39.5 Å². The Labute approximate surface area is 600 Å². The van der Waals surface area contributed by atoms with Crippen LogP contribution in [0.4, 0.5) is 0 Å². The van der Waals surface area contributed by atoms with Gasteiger partial charge in [-0.15, -0.1) is 0 Å². The lowest BCUT2D eigenvalue weighted by Crippen LogP contribution is -2.30. The Hall–Kier alpha value is -1.94. The van der Waals surface area contributed by atoms with Crippen molar-refractivity contribution in [3.8, 4) is 0 Å². The predicted octanol–water partition coefficient (Wildman–Crippen LogP) is 23.6. The molecular weight excluding hydrogens is 1280 g/mol. The summed E-state index contributed by atoms with van der Waals surface area (Å²) in [5.74, 6) is -1.41. The third kappa shape index (κ3) is 72.4. The number of carbonyl (C=O) groups is 4. The second kappa shape index (κ2) is 72.0. The molecule has 0 rings (SSSR count). The maximum Gasteiger partial charge on any atom is 0.472 e. The van der Waals surface area contributed by atoms with E-state index in [0.29, 0.717) is 31.6 Å². The Morgan fingerprint density at radius 1 is 0.276 bits per heavy atom. The second-order valence-corrected chi connectivity index (χ2v) is 31.8. The lowest BCUT2D eigenvalue weighted by molar-refractivity contribution is -0.161. The van der Waals surface area contributed by atoms with E-state index in [9.17, 15) is 43.2 Å². The van der Waals surface area contributed by atoms with Gasteiger partial charge in [-0.1, -0.05) is 369 Å². The van der Waals surface area contributed by atoms with Crippen molar-refractivity contribution in [3.05, 3.63) is 0 Å². The SMILES string of the molecule is CCCCCCCCCCCCCCCCCCCCCCCCC(=O)O[C@H](COC(=O)CCCCCCCCCCCCCCC)COP(=O)(O)OC[C@@H](O)COP(=O)(O)OC[C@@H](COC(=O)CCCCCCCCCC(C)C)OC(=O)CCCCCCCCCCCCCCC. The molecule has 0 aliphatic carbocycles. The van der Waals surface area contributed by atoms with Crippen LogP contribution in [0.2, 0.25) is 0 Å². The zero-order valence-electron chi connectivity index (χ0n) is 63.9. The summed E-state index contributed by atoms with van der Waals surface area (Å²) in [7, 11) is -9.91. The van der Waals surface area contributed by atoms with E-state index in [1.54, 1.807) is 0 Å². The first-order chi connectivity index (χ1) is 47.5. The summed E-state index contributed by atoms with van der Waals surface area (Å²) in [6.45, 7) is 7.26. The number of ether oxygens (including phenoxy) is 4. The number of rotatable bonds is 79. The van der Waals surface area contributed by atoms with Crippen molar-refractivity contribution in [2.45, 2.75) is 438 Å². The standard InChI is InChI=1S/C79H154O17P2/c1-6-9-12-15-18-21-24-27-28-29-30-31-32-33-34-35-38-41-44-49-55-60-65-79(84)95-74(68-89-76(81)62-57-52-47-42-39-36-25-22-19-16-13-10-7-2)70-93-97(85,86)91-66-73(80)67-92-98(87,88)94-71-75(69-90-77(82)63-58-53-50-45-46-51-56-61-72(4)5)96-78(83)64-59-54-48-43-40-37-26-23-20-17-14-11-8-3/h72-75,80H,6-71H2,1-5H3,(H,85,86)(H,87,88)/t73-,74-,75-/m1/s1. The van der Waals surface area contributed by atoms with Crippen LogP contribution in [0, 0.1) is 5.92 Å². The molecule has 0 heterocycles. The first-order valence-electron chi connectivity index (χ1n) is 41.1. The van der Waals surface area contributed by atoms with E-state index < -0.39 is 97.5 Å². The van der Waals surface area contributed by atoms with Gasteiger partial charge in [-0.05, 0) is 31.6 Å². The highest BCUT2D eigenvalue weighted by atomic mass is 31.2. The van der Waals surface area contributed by atoms with E-state index in [4.69, 9.17) is 37.0 Å². The largest absolute Gasteiger partial charge is 0.472 e. The number of aliphatic hydroxyl groups excluding tert-OH is 1. The van der Waals surface area contributed by atoms with Gasteiger partial charge < -0.3 is 33.8 Å². The summed E-state index contributed by atoms with van der Waals surface area (Å²) in [6.07, 6.45) is 62.6. The van der Waals surface area contributed by atoms with Gasteiger partial charge in [0.2, 0.25) is 0 Å². The minimum Gasteiger partial charge on any atom is -0.462 e. The van der Waals surface area contributed by atoms with E-state index in [2.05, 4.69) is 34.6 Å². The van der Waals surface area contributed by atoms with Gasteiger partial charge in [0, 0.05) is 25.7 Å². The van der Waals surface area contributed by atoms with Crippen molar-refractivity contribution in [2.75, 3.05) is 39.6 Å². The van der Waals surface area contributed by atoms with Crippen LogP contribution in [0.15, 0.2) is 0 Å². The fourth-order valence-corrected chi connectivity index (χ4v) is 13.8. The molecular formula is C79H154O17P2. The predicted molar refractivity (Wildman–Crippen MR) is 400 cm³/mol. The van der Waals surface area contributed by atoms with Crippen LogP contribution < -0.4 is 0 Å². The fourth-order valence-electron chi connectivity index (χ4n) is 12.2. The molecule has 0 fully saturated rings. The molecule has 0 radical (unpaired) electrons. The molecule has 17 nitrogen and oxygen atoms in total. The van der Waals surface area contributed by atoms with E-state index in [0.717, 1.165) is 96.3 Å². The lowest BCUT2D eigenvalue weighted by atomic mass is 10.0. The minimum atomic E-state index is -4.96. The molecule has 19 heteroatoms. The maximum atomic E-state index is 13.1. The van der Waals surface area contributed by atoms with Gasteiger partial charge in [0.15, 0.2) is 12.2 Å². The summed E-state index contributed by atoms with van der Waals surface area (Å²) in [4.78, 5) is 72.9. The quantitative estimate of drug-likeness (QED) is 0.0222. The number of phosphoric ester groups is 2. The van der Waals surface area contributed by atoms with Crippen molar-refractivity contribution in [1.29, 1.82) is 0 Å². The highest BCUT2D eigenvalue weighted by Crippen LogP contribution is 2.45. The van der Waals surface area contributed by atoms with Crippen LogP contribution in [-0.4, -0.2) is 96.7 Å². The van der Waals surface area contributed by atoms with E-state index in [-0.39, 0.29) is 25.7 Å². The van der Waals surface area contributed by atoms with E-state index in [1.807, 2.05) is 0 Å². The van der Waals surface area contributed by atoms with Gasteiger partial charge in [-0.25, -0.2) is 9.13 Å². The van der Waals surface area contributed by atoms with Crippen molar-refractivity contribution in [1.82, 2.24) is 0 Å². The van der Waals surface area contributed by atoms with Gasteiger partial charge in [0.05, 0.1) is 26.4 Å². The zero-order valence-corrected chi connectivity index (χ0v) is 65.7. The number of unbranched alkanes of at least 4 members (excludes halogenated alkanes) is 51. The molecule has 0 saturated heterocycles. The third-order valence-corrected chi connectivity index (χ3v) is 20.4. The van der Waals surface area contributed by atoms with Gasteiger partial charge in [-0.2, -0.15) is 0 Å². The van der Waals surface area contributed by atoms with Crippen LogP contribution in [-0.2, 0) is 65.4 Å². The second-order valence-electron chi connectivity index (χ2n) is 28.9. The van der Waals surface area contributed by atoms with Crippen molar-refractivity contribution in [3.63, 3.8) is 0 Å². The number of hydrogen-bond acceptors (Lipinski definition) is 15. The molecule has 2 unspecified atom stereocenters. The number of esters is 4. The highest BCUT2D eigenvalue weighted by molar-refractivity contribution is 7.47. The van der Waals surface area contributed by atoms with E-state index >= 15 is 0 Å². The monoisotopic (exact) mass is 1440 g/mol. The topological polar surface area (TPSA) is 237 Å². The summed E-state index contributed by atoms with van der Waals surface area (Å²) >= 11 is 0. The van der Waals surface area contributed by atoms with Crippen molar-refractivity contribution < 1.29 is 80.2 Å². The van der Waals surface area contributed by atoms with Gasteiger partial charge in [-0.3, -0.25) is 37.3 Å². The minimum absolute atomic E-state index is 0.107. The van der Waals surface area contributed by atoms with Crippen LogP contribution in [0.5, 0.6) is 0 Å². The van der Waals surface area contributed by atoms with Crippen LogP contribution >= 0.6 is 15.6 Å². The van der Waals surface area contributed by atoms with Gasteiger partial charge >= 0.3 is 39.5 Å². The van der Waals surface area contributed by atoms with Gasteiger partial charge in [0.1, 0.15) is 19.3 Å². The highest BCUT2D eigenvalue weighted by Gasteiger charge is 2.30. The Balaban J connectivity index is 5.19. The van der Waals surface area contributed by atoms with Crippen LogP contribution in [0.1, 0.15) is 420 Å². The first-order valence-corrected chi connectivity index (χ1v) is 44.1. The number of hydrogen-bond donors (Lipinski definition) is 3. The van der Waals surface area contributed by atoms with Crippen molar-refractivity contribution in [2.24, 2.45) is 5.92 Å². The summed E-state index contributed by atoms with van der Waals surface area (Å²) in [5, 5.41) is 10.6. The molecule has 582 valence electrons. The van der Waals surface area contributed by atoms with E-state index in [1.165, 1.54) is 238 Å². The summed E-state index contributed by atoms with van der Waals surface area (Å²) in [5.41, 5.74) is 0. The lowest BCUT2D eigenvalue weighted by Gasteiger charge is -2.21. The number of aliphatic hydroxyl groups is 1. The normalized spacial score (nSPS) is 13.9. The smallest absolute Gasteiger partial charge is 0.462 e. The molecule has 98 heavy (non-hydrogen) atoms. The third-order valence-electron chi connectivity index (χ3n) is 18.5. The Kier molecular flexibility index (Phi) is 70.6. The molecule has 0 amide bonds. The van der Waals surface area contributed by atoms with Crippen LogP contribution in [0.25, 0.3) is 0 Å². The molecule has 0 aromatic rings. The maximum absolute atomic E-state index is 13.1. The molecule has 0 aromatic carbocycles. The number of phosphoric acid groups is 2. The zero-order chi connectivity index (χ0) is 71.9. The summed E-state index contributed by atoms with van der Waals surface area (Å²) in [6, 6.07) is 0. The molecule has 3 N–H and O–H groups in total. The molecule has 0 aliphatic rings. The average Bonchev–Trinajstić information content (AvgIpc) is 1.24. The number of carbonyl (C=O) groups excluding carboxylic acids is 4. The first kappa shape index (κ1) is 96.1. The Bertz CT molecular complexity index is 1870. The summed E-state index contributed by atoms with van der Waals surface area (Å²) < 4.78 is 68.6. The molecule has 0 saturated carbocycles. The Morgan fingerprint density at radius 2 is 0.469 bits per heavy atom. The molecule has 0 aliphatic heterocycles. The fraction of sp³-hybridized carbons (Fsp3) is 0.949. The Morgan fingerprint density at radius 3 is 0.694 bits per heavy atom. The molecule has 5 atom stereocenters. The van der Waals surface area contributed by atoms with Crippen LogP contribution in [0.3, 0.4) is 0 Å². The molecule has 0 aromatic heterocycles. The van der Waals surface area contributed by atoms with Gasteiger partial charge in [0.25, 0.3) is 0 Å². The molecule has 0 spiro atoms. The molecule has 0 bridgehead atoms. The average molecular weight is 1440 g/mol.